The Hall–Kier alpha value is -1.77. The molecule has 0 aliphatic carbocycles. The van der Waals surface area contributed by atoms with E-state index in [0.29, 0.717) is 6.04 Å². The Kier molecular flexibility index (Phi) is 2.82. The van der Waals surface area contributed by atoms with E-state index < -0.39 is 0 Å². The summed E-state index contributed by atoms with van der Waals surface area (Å²) in [5.41, 5.74) is 5.19. The minimum atomic E-state index is 0.588. The van der Waals surface area contributed by atoms with Gasteiger partial charge in [-0.25, -0.2) is 0 Å². The van der Waals surface area contributed by atoms with Gasteiger partial charge in [0, 0.05) is 30.0 Å². The van der Waals surface area contributed by atoms with Gasteiger partial charge in [-0.05, 0) is 50.5 Å². The van der Waals surface area contributed by atoms with Crippen LogP contribution < -0.4 is 5.32 Å². The summed E-state index contributed by atoms with van der Waals surface area (Å²) >= 11 is 0. The summed E-state index contributed by atoms with van der Waals surface area (Å²) in [5.74, 6) is 0. The van der Waals surface area contributed by atoms with Crippen molar-refractivity contribution >= 4 is 5.69 Å². The molecule has 1 aromatic carbocycles. The Balaban J connectivity index is 2.00. The highest BCUT2D eigenvalue weighted by Crippen LogP contribution is 2.29. The van der Waals surface area contributed by atoms with Crippen LogP contribution in [0.1, 0.15) is 25.8 Å². The number of aromatic nitrogens is 2. The molecule has 0 amide bonds. The summed E-state index contributed by atoms with van der Waals surface area (Å²) in [5, 5.41) is 7.87. The average molecular weight is 241 g/mol. The van der Waals surface area contributed by atoms with Crippen LogP contribution in [0.3, 0.4) is 0 Å². The summed E-state index contributed by atoms with van der Waals surface area (Å²) in [6, 6.07) is 9.37. The number of aryl methyl sites for hydroxylation is 2. The second-order valence-corrected chi connectivity index (χ2v) is 4.99. The number of nitrogens with zero attached hydrogens (tertiary/aromatic N) is 2. The predicted octanol–water partition coefficient (Wildman–Crippen LogP) is 3.32. The second kappa shape index (κ2) is 4.48. The lowest BCUT2D eigenvalue weighted by Gasteiger charge is -2.24. The number of fused-ring (bicyclic) bond motifs is 1. The number of benzene rings is 1. The molecule has 1 aliphatic rings. The fraction of sp³-hybridized carbons (Fsp3) is 0.400. The average Bonchev–Trinajstić information content (AvgIpc) is 2.86. The number of anilines is 1. The maximum absolute atomic E-state index is 4.34. The smallest absolute Gasteiger partial charge is 0.0682 e. The Morgan fingerprint density at radius 1 is 1.39 bits per heavy atom. The molecule has 1 aliphatic heterocycles. The van der Waals surface area contributed by atoms with E-state index >= 15 is 0 Å². The highest BCUT2D eigenvalue weighted by molar-refractivity contribution is 5.67. The van der Waals surface area contributed by atoms with E-state index in [0.717, 1.165) is 13.0 Å². The third-order valence-corrected chi connectivity index (χ3v) is 3.67. The van der Waals surface area contributed by atoms with E-state index in [4.69, 9.17) is 0 Å². The SMILES string of the molecule is CCn1nccc1-c1ccc2c(c1)CCC(C)N2. The quantitative estimate of drug-likeness (QED) is 0.874. The van der Waals surface area contributed by atoms with Crippen LogP contribution in [0.5, 0.6) is 0 Å². The van der Waals surface area contributed by atoms with Gasteiger partial charge < -0.3 is 5.32 Å². The Morgan fingerprint density at radius 2 is 2.28 bits per heavy atom. The molecule has 1 N–H and O–H groups in total. The molecule has 0 radical (unpaired) electrons. The number of rotatable bonds is 2. The van der Waals surface area contributed by atoms with Gasteiger partial charge in [0.15, 0.2) is 0 Å². The molecule has 0 saturated heterocycles. The van der Waals surface area contributed by atoms with Crippen molar-refractivity contribution in [3.05, 3.63) is 36.0 Å². The molecular formula is C15H19N3. The molecule has 94 valence electrons. The van der Waals surface area contributed by atoms with Gasteiger partial charge in [0.2, 0.25) is 0 Å². The Bertz CT molecular complexity index is 557. The first-order chi connectivity index (χ1) is 8.78. The van der Waals surface area contributed by atoms with Crippen molar-refractivity contribution in [2.24, 2.45) is 0 Å². The van der Waals surface area contributed by atoms with Gasteiger partial charge >= 0.3 is 0 Å². The van der Waals surface area contributed by atoms with Gasteiger partial charge in [0.05, 0.1) is 5.69 Å². The van der Waals surface area contributed by atoms with Crippen LogP contribution in [-0.2, 0) is 13.0 Å². The van der Waals surface area contributed by atoms with E-state index in [-0.39, 0.29) is 0 Å². The third kappa shape index (κ3) is 1.90. The number of hydrogen-bond acceptors (Lipinski definition) is 2. The van der Waals surface area contributed by atoms with Gasteiger partial charge in [-0.15, -0.1) is 0 Å². The van der Waals surface area contributed by atoms with Crippen LogP contribution in [0.2, 0.25) is 0 Å². The predicted molar refractivity (Wildman–Crippen MR) is 74.7 cm³/mol. The van der Waals surface area contributed by atoms with Crippen LogP contribution in [0, 0.1) is 0 Å². The molecule has 0 spiro atoms. The van der Waals surface area contributed by atoms with E-state index in [2.05, 4.69) is 48.5 Å². The zero-order valence-electron chi connectivity index (χ0n) is 11.0. The fourth-order valence-corrected chi connectivity index (χ4v) is 2.64. The summed E-state index contributed by atoms with van der Waals surface area (Å²) in [6.07, 6.45) is 4.25. The van der Waals surface area contributed by atoms with Crippen molar-refractivity contribution in [3.63, 3.8) is 0 Å². The molecule has 0 fully saturated rings. The lowest BCUT2D eigenvalue weighted by atomic mass is 9.96. The summed E-state index contributed by atoms with van der Waals surface area (Å²) in [7, 11) is 0. The zero-order valence-corrected chi connectivity index (χ0v) is 11.0. The molecule has 1 aromatic heterocycles. The van der Waals surface area contributed by atoms with Crippen LogP contribution in [0.4, 0.5) is 5.69 Å². The van der Waals surface area contributed by atoms with E-state index in [1.807, 2.05) is 10.9 Å². The van der Waals surface area contributed by atoms with E-state index in [1.165, 1.54) is 28.9 Å². The number of nitrogens with one attached hydrogen (secondary N) is 1. The highest BCUT2D eigenvalue weighted by atomic mass is 15.3. The molecule has 1 atom stereocenters. The largest absolute Gasteiger partial charge is 0.382 e. The molecule has 1 unspecified atom stereocenters. The molecular weight excluding hydrogens is 222 g/mol. The molecule has 2 heterocycles. The van der Waals surface area contributed by atoms with Gasteiger partial charge in [-0.3, -0.25) is 4.68 Å². The third-order valence-electron chi connectivity index (χ3n) is 3.67. The monoisotopic (exact) mass is 241 g/mol. The van der Waals surface area contributed by atoms with Crippen molar-refractivity contribution in [1.29, 1.82) is 0 Å². The molecule has 2 aromatic rings. The first-order valence-corrected chi connectivity index (χ1v) is 6.69. The van der Waals surface area contributed by atoms with Crippen molar-refractivity contribution in [2.75, 3.05) is 5.32 Å². The van der Waals surface area contributed by atoms with E-state index in [1.54, 1.807) is 0 Å². The van der Waals surface area contributed by atoms with Crippen LogP contribution in [0.15, 0.2) is 30.5 Å². The van der Waals surface area contributed by atoms with Gasteiger partial charge in [0.25, 0.3) is 0 Å². The van der Waals surface area contributed by atoms with Crippen molar-refractivity contribution in [2.45, 2.75) is 39.3 Å². The molecule has 3 rings (SSSR count). The zero-order chi connectivity index (χ0) is 12.5. The first kappa shape index (κ1) is 11.3. The summed E-state index contributed by atoms with van der Waals surface area (Å²) in [6.45, 7) is 5.27. The highest BCUT2D eigenvalue weighted by Gasteiger charge is 2.15. The normalized spacial score (nSPS) is 18.2. The molecule has 0 saturated carbocycles. The van der Waals surface area contributed by atoms with Crippen LogP contribution >= 0.6 is 0 Å². The molecule has 0 bridgehead atoms. The number of hydrogen-bond donors (Lipinski definition) is 1. The van der Waals surface area contributed by atoms with Gasteiger partial charge in [-0.1, -0.05) is 6.07 Å². The van der Waals surface area contributed by atoms with Crippen molar-refractivity contribution < 1.29 is 0 Å². The fourth-order valence-electron chi connectivity index (χ4n) is 2.64. The van der Waals surface area contributed by atoms with Crippen molar-refractivity contribution in [3.8, 4) is 11.3 Å². The van der Waals surface area contributed by atoms with Crippen molar-refractivity contribution in [1.82, 2.24) is 9.78 Å². The topological polar surface area (TPSA) is 29.9 Å². The molecule has 18 heavy (non-hydrogen) atoms. The summed E-state index contributed by atoms with van der Waals surface area (Å²) < 4.78 is 2.04. The molecule has 3 nitrogen and oxygen atoms in total. The molecule has 3 heteroatoms. The maximum Gasteiger partial charge on any atom is 0.0682 e. The lowest BCUT2D eigenvalue weighted by Crippen LogP contribution is -2.21. The summed E-state index contributed by atoms with van der Waals surface area (Å²) in [4.78, 5) is 0. The van der Waals surface area contributed by atoms with Crippen LogP contribution in [-0.4, -0.2) is 15.8 Å². The van der Waals surface area contributed by atoms with Gasteiger partial charge in [0.1, 0.15) is 0 Å². The first-order valence-electron chi connectivity index (χ1n) is 6.69. The van der Waals surface area contributed by atoms with Gasteiger partial charge in [-0.2, -0.15) is 5.10 Å². The Labute approximate surface area is 108 Å². The standard InChI is InChI=1S/C15H19N3/c1-3-18-15(8-9-16-18)13-6-7-14-12(10-13)5-4-11(2)17-14/h6-11,17H,3-5H2,1-2H3. The maximum atomic E-state index is 4.34. The second-order valence-electron chi connectivity index (χ2n) is 4.99. The lowest BCUT2D eigenvalue weighted by molar-refractivity contribution is 0.666. The van der Waals surface area contributed by atoms with Crippen LogP contribution in [0.25, 0.3) is 11.3 Å². The minimum Gasteiger partial charge on any atom is -0.382 e. The van der Waals surface area contributed by atoms with E-state index in [9.17, 15) is 0 Å². The Morgan fingerprint density at radius 3 is 3.11 bits per heavy atom. The minimum absolute atomic E-state index is 0.588.